The molecule has 0 saturated carbocycles. The molecule has 0 radical (unpaired) electrons. The zero-order valence-electron chi connectivity index (χ0n) is 13.4. The van der Waals surface area contributed by atoms with Crippen LogP contribution in [0.4, 0.5) is 0 Å². The Hall–Kier alpha value is -2.66. The van der Waals surface area contributed by atoms with Gasteiger partial charge in [-0.3, -0.25) is 24.3 Å². The van der Waals surface area contributed by atoms with E-state index in [1.807, 2.05) is 0 Å². The number of ether oxygens (including phenoxy) is 3. The maximum Gasteiger partial charge on any atom is 0.303 e. The van der Waals surface area contributed by atoms with Crippen LogP contribution >= 0.6 is 0 Å². The number of carbonyl (C=O) groups excluding carboxylic acids is 3. The van der Waals surface area contributed by atoms with Gasteiger partial charge in [0.2, 0.25) is 0 Å². The molecule has 3 heterocycles. The van der Waals surface area contributed by atoms with Crippen molar-refractivity contribution < 1.29 is 33.7 Å². The molecule has 3 aliphatic heterocycles. The third kappa shape index (κ3) is 3.15. The van der Waals surface area contributed by atoms with Crippen LogP contribution in [0.2, 0.25) is 0 Å². The van der Waals surface area contributed by atoms with E-state index < -0.39 is 55.0 Å². The second-order valence-corrected chi connectivity index (χ2v) is 5.54. The van der Waals surface area contributed by atoms with Crippen molar-refractivity contribution in [1.82, 2.24) is 4.90 Å². The van der Waals surface area contributed by atoms with Crippen molar-refractivity contribution in [3.8, 4) is 0 Å². The topological polar surface area (TPSA) is 139 Å². The summed E-state index contributed by atoms with van der Waals surface area (Å²) in [6, 6.07) is -0.896. The predicted molar refractivity (Wildman–Crippen MR) is 81.9 cm³/mol. The summed E-state index contributed by atoms with van der Waals surface area (Å²) in [4.78, 5) is 47.7. The van der Waals surface area contributed by atoms with E-state index in [-0.39, 0.29) is 5.84 Å². The van der Waals surface area contributed by atoms with Crippen LogP contribution in [0.1, 0.15) is 13.8 Å². The highest BCUT2D eigenvalue weighted by molar-refractivity contribution is 6.19. The summed E-state index contributed by atoms with van der Waals surface area (Å²) in [5.41, 5.74) is 0. The first-order chi connectivity index (χ1) is 11.9. The minimum Gasteiger partial charge on any atom is -0.456 e. The van der Waals surface area contributed by atoms with Crippen molar-refractivity contribution >= 4 is 36.4 Å². The third-order valence-corrected chi connectivity index (χ3v) is 3.80. The van der Waals surface area contributed by atoms with Crippen LogP contribution in [-0.2, 0) is 28.6 Å². The summed E-state index contributed by atoms with van der Waals surface area (Å²) in [5.74, 6) is -1.47. The van der Waals surface area contributed by atoms with E-state index >= 15 is 0 Å². The van der Waals surface area contributed by atoms with Crippen molar-refractivity contribution in [2.75, 3.05) is 6.61 Å². The number of aliphatic imine (C=N–C) groups is 3. The summed E-state index contributed by atoms with van der Waals surface area (Å²) >= 11 is 0. The molecule has 5 atom stereocenters. The van der Waals surface area contributed by atoms with Gasteiger partial charge in [-0.25, -0.2) is 4.99 Å². The third-order valence-electron chi connectivity index (χ3n) is 3.80. The number of amides is 1. The van der Waals surface area contributed by atoms with Crippen LogP contribution in [0.15, 0.2) is 15.0 Å². The Kier molecular flexibility index (Phi) is 4.59. The Labute approximate surface area is 142 Å². The van der Waals surface area contributed by atoms with Gasteiger partial charge in [0.15, 0.2) is 24.5 Å². The van der Waals surface area contributed by atoms with Crippen LogP contribution in [0.3, 0.4) is 0 Å². The minimum absolute atomic E-state index is 0.252. The predicted octanol–water partition coefficient (Wildman–Crippen LogP) is -1.75. The molecular formula is C14H16N4O7. The SMILES string of the molecule is CC(=O)O[C@@H]1[C@H](OC(C)=O)[C@@H](CO)O[C@H]1N1C=NC2C(=O)N=CN=C21. The first kappa shape index (κ1) is 17.2. The van der Waals surface area contributed by atoms with Gasteiger partial charge in [-0.15, -0.1) is 0 Å². The van der Waals surface area contributed by atoms with E-state index in [1.165, 1.54) is 25.1 Å². The van der Waals surface area contributed by atoms with E-state index in [0.29, 0.717) is 0 Å². The molecule has 11 heteroatoms. The molecule has 0 aromatic heterocycles. The standard InChI is InChI=1S/C14H16N4O7/c1-6(20)23-10-8(3-19)25-14(11(10)24-7(2)21)18-5-17-9-12(18)15-4-16-13(9)22/h4-5,8-11,14,19H,3H2,1-2H3/t8-,9?,10-,11-,14-/m1/s1. The van der Waals surface area contributed by atoms with Crippen LogP contribution in [0.25, 0.3) is 0 Å². The Balaban J connectivity index is 1.91. The molecule has 0 bridgehead atoms. The molecule has 3 rings (SSSR count). The lowest BCUT2D eigenvalue weighted by molar-refractivity contribution is -0.165. The first-order valence-electron chi connectivity index (χ1n) is 7.49. The van der Waals surface area contributed by atoms with Gasteiger partial charge in [-0.1, -0.05) is 0 Å². The number of fused-ring (bicyclic) bond motifs is 1. The van der Waals surface area contributed by atoms with Crippen molar-refractivity contribution in [2.24, 2.45) is 15.0 Å². The Morgan fingerprint density at radius 1 is 1.28 bits per heavy atom. The number of nitrogens with zero attached hydrogens (tertiary/aromatic N) is 4. The zero-order chi connectivity index (χ0) is 18.1. The highest BCUT2D eigenvalue weighted by atomic mass is 16.6. The van der Waals surface area contributed by atoms with Crippen LogP contribution in [-0.4, -0.2) is 83.6 Å². The van der Waals surface area contributed by atoms with Crippen molar-refractivity contribution in [2.45, 2.75) is 44.4 Å². The summed E-state index contributed by atoms with van der Waals surface area (Å²) in [5, 5.41) is 9.52. The number of amidine groups is 1. The second-order valence-electron chi connectivity index (χ2n) is 5.54. The Bertz CT molecular complexity index is 689. The van der Waals surface area contributed by atoms with Crippen LogP contribution in [0.5, 0.6) is 0 Å². The molecule has 3 aliphatic rings. The van der Waals surface area contributed by atoms with Crippen LogP contribution in [0, 0.1) is 0 Å². The van der Waals surface area contributed by atoms with E-state index in [2.05, 4.69) is 15.0 Å². The van der Waals surface area contributed by atoms with Crippen molar-refractivity contribution in [3.63, 3.8) is 0 Å². The van der Waals surface area contributed by atoms with Gasteiger partial charge < -0.3 is 19.3 Å². The Morgan fingerprint density at radius 2 is 1.96 bits per heavy atom. The number of esters is 2. The second kappa shape index (κ2) is 6.69. The lowest BCUT2D eigenvalue weighted by Crippen LogP contribution is -2.50. The molecule has 0 spiro atoms. The zero-order valence-corrected chi connectivity index (χ0v) is 13.4. The average molecular weight is 352 g/mol. The maximum atomic E-state index is 11.8. The van der Waals surface area contributed by atoms with Gasteiger partial charge in [-0.2, -0.15) is 4.99 Å². The van der Waals surface area contributed by atoms with Gasteiger partial charge in [0, 0.05) is 13.8 Å². The molecule has 0 aromatic rings. The number of rotatable bonds is 4. The van der Waals surface area contributed by atoms with Gasteiger partial charge >= 0.3 is 11.9 Å². The number of hydrogen-bond acceptors (Lipinski definition) is 10. The highest BCUT2D eigenvalue weighted by Crippen LogP contribution is 2.31. The summed E-state index contributed by atoms with van der Waals surface area (Å²) in [6.45, 7) is 1.93. The molecule has 134 valence electrons. The minimum atomic E-state index is -1.04. The van der Waals surface area contributed by atoms with E-state index in [1.54, 1.807) is 0 Å². The fourth-order valence-corrected chi connectivity index (χ4v) is 2.86. The molecule has 0 aromatic carbocycles. The lowest BCUT2D eigenvalue weighted by atomic mass is 10.1. The van der Waals surface area contributed by atoms with E-state index in [0.717, 1.165) is 6.34 Å². The largest absolute Gasteiger partial charge is 0.456 e. The number of aliphatic hydroxyl groups excluding tert-OH is 1. The summed E-state index contributed by atoms with van der Waals surface area (Å²) < 4.78 is 16.1. The van der Waals surface area contributed by atoms with Crippen LogP contribution < -0.4 is 0 Å². The highest BCUT2D eigenvalue weighted by Gasteiger charge is 2.53. The summed E-state index contributed by atoms with van der Waals surface area (Å²) in [7, 11) is 0. The normalized spacial score (nSPS) is 33.2. The van der Waals surface area contributed by atoms with Gasteiger partial charge in [0.25, 0.3) is 5.91 Å². The molecule has 25 heavy (non-hydrogen) atoms. The molecular weight excluding hydrogens is 336 g/mol. The van der Waals surface area contributed by atoms with E-state index in [9.17, 15) is 19.5 Å². The fraction of sp³-hybridized carbons (Fsp3) is 0.571. The smallest absolute Gasteiger partial charge is 0.303 e. The van der Waals surface area contributed by atoms with Gasteiger partial charge in [0.05, 0.1) is 12.9 Å². The number of carbonyl (C=O) groups is 3. The average Bonchev–Trinajstić information content (AvgIpc) is 3.10. The monoisotopic (exact) mass is 352 g/mol. The number of aliphatic hydroxyl groups is 1. The molecule has 1 amide bonds. The molecule has 1 saturated heterocycles. The molecule has 1 unspecified atom stereocenters. The lowest BCUT2D eigenvalue weighted by Gasteiger charge is -2.29. The van der Waals surface area contributed by atoms with Crippen molar-refractivity contribution in [3.05, 3.63) is 0 Å². The van der Waals surface area contributed by atoms with E-state index in [4.69, 9.17) is 14.2 Å². The molecule has 0 aliphatic carbocycles. The fourth-order valence-electron chi connectivity index (χ4n) is 2.86. The summed E-state index contributed by atoms with van der Waals surface area (Å²) in [6.07, 6.45) is -1.53. The van der Waals surface area contributed by atoms with Gasteiger partial charge in [0.1, 0.15) is 18.3 Å². The molecule has 1 N–H and O–H groups in total. The van der Waals surface area contributed by atoms with Gasteiger partial charge in [-0.05, 0) is 0 Å². The van der Waals surface area contributed by atoms with Crippen molar-refractivity contribution in [1.29, 1.82) is 0 Å². The first-order valence-corrected chi connectivity index (χ1v) is 7.49. The quantitative estimate of drug-likeness (QED) is 0.587. The number of hydrogen-bond donors (Lipinski definition) is 1. The molecule has 11 nitrogen and oxygen atoms in total. The Morgan fingerprint density at radius 3 is 2.60 bits per heavy atom. The molecule has 1 fully saturated rings. The maximum absolute atomic E-state index is 11.8.